The van der Waals surface area contributed by atoms with E-state index >= 15 is 0 Å². The molecule has 1 aromatic heterocycles. The van der Waals surface area contributed by atoms with E-state index in [4.69, 9.17) is 21.1 Å². The molecule has 1 aliphatic rings. The van der Waals surface area contributed by atoms with Crippen LogP contribution in [0.1, 0.15) is 10.5 Å². The lowest BCUT2D eigenvalue weighted by molar-refractivity contribution is 0.102. The van der Waals surface area contributed by atoms with Crippen molar-refractivity contribution in [1.29, 1.82) is 0 Å². The van der Waals surface area contributed by atoms with Crippen LogP contribution < -0.4 is 20.3 Å². The molecule has 5 rings (SSSR count). The number of carbonyl (C=O) groups is 1. The van der Waals surface area contributed by atoms with Crippen molar-refractivity contribution < 1.29 is 14.3 Å². The third-order valence-corrected chi connectivity index (χ3v) is 5.14. The van der Waals surface area contributed by atoms with Gasteiger partial charge in [0.15, 0.2) is 17.2 Å². The van der Waals surface area contributed by atoms with E-state index in [9.17, 15) is 9.59 Å². The lowest BCUT2D eigenvalue weighted by Gasteiger charge is -2.19. The minimum absolute atomic E-state index is 0.125. The van der Waals surface area contributed by atoms with E-state index in [1.54, 1.807) is 66.7 Å². The van der Waals surface area contributed by atoms with E-state index in [0.717, 1.165) is 0 Å². The Bertz CT molecular complexity index is 1370. The number of nitrogens with zero attached hydrogens (tertiary/aromatic N) is 2. The summed E-state index contributed by atoms with van der Waals surface area (Å²) in [6.45, 7) is 0.934. The van der Waals surface area contributed by atoms with Gasteiger partial charge in [0.2, 0.25) is 0 Å². The molecule has 7 nitrogen and oxygen atoms in total. The lowest BCUT2D eigenvalue weighted by Crippen LogP contribution is -2.26. The molecule has 1 aliphatic heterocycles. The lowest BCUT2D eigenvalue weighted by atomic mass is 10.1. The number of aromatic nitrogens is 2. The van der Waals surface area contributed by atoms with Gasteiger partial charge in [0, 0.05) is 22.2 Å². The summed E-state index contributed by atoms with van der Waals surface area (Å²) in [6.07, 6.45) is 0. The second-order valence-corrected chi connectivity index (χ2v) is 7.34. The topological polar surface area (TPSA) is 82.4 Å². The molecule has 3 aromatic carbocycles. The highest BCUT2D eigenvalue weighted by Gasteiger charge is 2.19. The van der Waals surface area contributed by atoms with Gasteiger partial charge in [-0.05, 0) is 42.5 Å². The summed E-state index contributed by atoms with van der Waals surface area (Å²) in [6, 6.07) is 18.7. The molecule has 1 N–H and O–H groups in total. The van der Waals surface area contributed by atoms with Gasteiger partial charge >= 0.3 is 0 Å². The minimum Gasteiger partial charge on any atom is -0.486 e. The van der Waals surface area contributed by atoms with Gasteiger partial charge in [0.1, 0.15) is 13.2 Å². The van der Waals surface area contributed by atoms with Crippen molar-refractivity contribution in [2.24, 2.45) is 0 Å². The molecular formula is C23H16ClN3O4. The van der Waals surface area contributed by atoms with Crippen LogP contribution in [0.15, 0.2) is 71.5 Å². The zero-order valence-corrected chi connectivity index (χ0v) is 16.9. The van der Waals surface area contributed by atoms with Gasteiger partial charge in [-0.1, -0.05) is 29.8 Å². The molecule has 4 aromatic rings. The molecule has 154 valence electrons. The van der Waals surface area contributed by atoms with Crippen LogP contribution in [-0.4, -0.2) is 28.9 Å². The number of carbonyl (C=O) groups excluding carboxylic acids is 1. The maximum absolute atomic E-state index is 13.2. The molecule has 0 spiro atoms. The Morgan fingerprint density at radius 3 is 2.42 bits per heavy atom. The third-order valence-electron chi connectivity index (χ3n) is 4.89. The van der Waals surface area contributed by atoms with Gasteiger partial charge in [-0.2, -0.15) is 9.78 Å². The van der Waals surface area contributed by atoms with Crippen LogP contribution in [0, 0.1) is 0 Å². The van der Waals surface area contributed by atoms with Crippen molar-refractivity contribution in [3.8, 4) is 17.2 Å². The summed E-state index contributed by atoms with van der Waals surface area (Å²) in [5.74, 6) is 0.743. The normalized spacial score (nSPS) is 12.5. The third kappa shape index (κ3) is 3.60. The van der Waals surface area contributed by atoms with Crippen molar-refractivity contribution in [2.45, 2.75) is 0 Å². The summed E-state index contributed by atoms with van der Waals surface area (Å²) in [7, 11) is 0. The standard InChI is InChI=1S/C23H16ClN3O4/c24-14-5-8-16(9-6-14)27-23(29)18-4-2-1-3-17(18)21(26-27)22(28)25-15-7-10-19-20(13-15)31-12-11-30-19/h1-10,13H,11-12H2,(H,25,28). The summed E-state index contributed by atoms with van der Waals surface area (Å²) >= 11 is 5.97. The first-order chi connectivity index (χ1) is 15.1. The fraction of sp³-hybridized carbons (Fsp3) is 0.0870. The van der Waals surface area contributed by atoms with Crippen LogP contribution in [0.3, 0.4) is 0 Å². The van der Waals surface area contributed by atoms with Crippen LogP contribution in [0.2, 0.25) is 5.02 Å². The number of rotatable bonds is 3. The first-order valence-corrected chi connectivity index (χ1v) is 9.97. The van der Waals surface area contributed by atoms with E-state index in [1.165, 1.54) is 4.68 Å². The smallest absolute Gasteiger partial charge is 0.279 e. The summed E-state index contributed by atoms with van der Waals surface area (Å²) < 4.78 is 12.3. The van der Waals surface area contributed by atoms with Crippen LogP contribution in [0.25, 0.3) is 16.5 Å². The van der Waals surface area contributed by atoms with Gasteiger partial charge in [-0.15, -0.1) is 0 Å². The predicted molar refractivity (Wildman–Crippen MR) is 118 cm³/mol. The quantitative estimate of drug-likeness (QED) is 0.526. The number of fused-ring (bicyclic) bond motifs is 2. The van der Waals surface area contributed by atoms with Crippen LogP contribution in [0.4, 0.5) is 5.69 Å². The van der Waals surface area contributed by atoms with E-state index in [2.05, 4.69) is 10.4 Å². The SMILES string of the molecule is O=C(Nc1ccc2c(c1)OCCO2)c1nn(-c2ccc(Cl)cc2)c(=O)c2ccccc12. The molecule has 31 heavy (non-hydrogen) atoms. The van der Waals surface area contributed by atoms with Gasteiger partial charge in [0.05, 0.1) is 11.1 Å². The molecule has 1 amide bonds. The van der Waals surface area contributed by atoms with Crippen LogP contribution in [0.5, 0.6) is 11.5 Å². The molecular weight excluding hydrogens is 418 g/mol. The number of amides is 1. The molecule has 0 unspecified atom stereocenters. The maximum Gasteiger partial charge on any atom is 0.279 e. The van der Waals surface area contributed by atoms with Gasteiger partial charge in [-0.3, -0.25) is 9.59 Å². The van der Waals surface area contributed by atoms with Gasteiger partial charge in [-0.25, -0.2) is 0 Å². The zero-order chi connectivity index (χ0) is 21.4. The van der Waals surface area contributed by atoms with E-state index in [0.29, 0.717) is 51.9 Å². The number of hydrogen-bond donors (Lipinski definition) is 1. The van der Waals surface area contributed by atoms with E-state index in [-0.39, 0.29) is 11.3 Å². The second kappa shape index (κ2) is 7.77. The van der Waals surface area contributed by atoms with Gasteiger partial charge in [0.25, 0.3) is 11.5 Å². The molecule has 0 saturated heterocycles. The fourth-order valence-corrected chi connectivity index (χ4v) is 3.55. The number of anilines is 1. The molecule has 0 bridgehead atoms. The number of hydrogen-bond acceptors (Lipinski definition) is 5. The van der Waals surface area contributed by atoms with E-state index in [1.807, 2.05) is 0 Å². The summed E-state index contributed by atoms with van der Waals surface area (Å²) in [5.41, 5.74) is 0.840. The monoisotopic (exact) mass is 433 g/mol. The number of ether oxygens (including phenoxy) is 2. The Morgan fingerprint density at radius 1 is 0.935 bits per heavy atom. The Morgan fingerprint density at radius 2 is 1.65 bits per heavy atom. The molecule has 2 heterocycles. The zero-order valence-electron chi connectivity index (χ0n) is 16.2. The molecule has 0 saturated carbocycles. The fourth-order valence-electron chi connectivity index (χ4n) is 3.43. The molecule has 0 fully saturated rings. The minimum atomic E-state index is -0.449. The van der Waals surface area contributed by atoms with Crippen molar-refractivity contribution in [3.63, 3.8) is 0 Å². The molecule has 0 aliphatic carbocycles. The number of nitrogens with one attached hydrogen (secondary N) is 1. The largest absolute Gasteiger partial charge is 0.486 e. The molecule has 0 atom stereocenters. The van der Waals surface area contributed by atoms with Crippen molar-refractivity contribution in [3.05, 3.63) is 87.8 Å². The van der Waals surface area contributed by atoms with Crippen molar-refractivity contribution in [2.75, 3.05) is 18.5 Å². The van der Waals surface area contributed by atoms with Gasteiger partial charge < -0.3 is 14.8 Å². The Labute approximate surface area is 181 Å². The van der Waals surface area contributed by atoms with Crippen LogP contribution in [-0.2, 0) is 0 Å². The van der Waals surface area contributed by atoms with Crippen molar-refractivity contribution in [1.82, 2.24) is 9.78 Å². The summed E-state index contributed by atoms with van der Waals surface area (Å²) in [5, 5.41) is 8.60. The highest BCUT2D eigenvalue weighted by atomic mass is 35.5. The highest BCUT2D eigenvalue weighted by Crippen LogP contribution is 2.32. The average Bonchev–Trinajstić information content (AvgIpc) is 2.80. The van der Waals surface area contributed by atoms with E-state index < -0.39 is 5.91 Å². The number of benzene rings is 3. The number of halogens is 1. The van der Waals surface area contributed by atoms with Crippen molar-refractivity contribution >= 4 is 34.0 Å². The average molecular weight is 434 g/mol. The Balaban J connectivity index is 1.58. The molecule has 0 radical (unpaired) electrons. The Kier molecular flexibility index (Phi) is 4.80. The van der Waals surface area contributed by atoms with Crippen LogP contribution >= 0.6 is 11.6 Å². The molecule has 8 heteroatoms. The second-order valence-electron chi connectivity index (χ2n) is 6.90. The highest BCUT2D eigenvalue weighted by molar-refractivity contribution is 6.30. The first-order valence-electron chi connectivity index (χ1n) is 9.59. The first kappa shape index (κ1) is 19.1. The Hall–Kier alpha value is -3.84. The predicted octanol–water partition coefficient (Wildman–Crippen LogP) is 4.06. The summed E-state index contributed by atoms with van der Waals surface area (Å²) in [4.78, 5) is 26.2. The maximum atomic E-state index is 13.2.